The Hall–Kier alpha value is -0.930. The first-order chi connectivity index (χ1) is 9.78. The maximum absolute atomic E-state index is 13.5. The number of nitrogens with two attached hydrogens (primary N) is 1. The first kappa shape index (κ1) is 14.0. The van der Waals surface area contributed by atoms with Crippen LogP contribution in [0.5, 0.6) is 0 Å². The Labute approximate surface area is 121 Å². The smallest absolute Gasteiger partial charge is 0.127 e. The number of nitrogens with zero attached hydrogens (tertiary/aromatic N) is 1. The van der Waals surface area contributed by atoms with Gasteiger partial charge in [-0.05, 0) is 49.8 Å². The van der Waals surface area contributed by atoms with Crippen LogP contribution in [0.25, 0.3) is 0 Å². The standard InChI is InChI=1S/C17H25FN2/c18-16-8-7-13(10-15(16)11-19)12-20-9-3-5-14-4-1-2-6-17(14)20/h7-8,10,14,17H,1-6,9,11-12,19H2. The summed E-state index contributed by atoms with van der Waals surface area (Å²) < 4.78 is 13.5. The third-order valence-corrected chi connectivity index (χ3v) is 5.07. The zero-order valence-electron chi connectivity index (χ0n) is 12.2. The third-order valence-electron chi connectivity index (χ3n) is 5.07. The van der Waals surface area contributed by atoms with E-state index in [1.165, 1.54) is 50.6 Å². The first-order valence-corrected chi connectivity index (χ1v) is 7.99. The van der Waals surface area contributed by atoms with Crippen molar-refractivity contribution >= 4 is 0 Å². The van der Waals surface area contributed by atoms with Crippen LogP contribution in [0.2, 0.25) is 0 Å². The molecule has 3 heteroatoms. The maximum Gasteiger partial charge on any atom is 0.127 e. The fourth-order valence-electron chi connectivity index (χ4n) is 4.04. The van der Waals surface area contributed by atoms with Crippen molar-refractivity contribution in [1.82, 2.24) is 4.90 Å². The van der Waals surface area contributed by atoms with Crippen LogP contribution in [-0.2, 0) is 13.1 Å². The average Bonchev–Trinajstić information content (AvgIpc) is 2.49. The molecule has 1 aliphatic carbocycles. The second kappa shape index (κ2) is 6.23. The van der Waals surface area contributed by atoms with Crippen LogP contribution in [0.4, 0.5) is 4.39 Å². The third kappa shape index (κ3) is 2.89. The van der Waals surface area contributed by atoms with Crippen LogP contribution in [-0.4, -0.2) is 17.5 Å². The quantitative estimate of drug-likeness (QED) is 0.916. The molecule has 20 heavy (non-hydrogen) atoms. The molecule has 110 valence electrons. The molecule has 2 unspecified atom stereocenters. The summed E-state index contributed by atoms with van der Waals surface area (Å²) in [6, 6.07) is 6.19. The van der Waals surface area contributed by atoms with Crippen molar-refractivity contribution in [2.75, 3.05) is 6.54 Å². The lowest BCUT2D eigenvalue weighted by Crippen LogP contribution is -2.46. The summed E-state index contributed by atoms with van der Waals surface area (Å²) in [6.45, 7) is 2.43. The molecule has 1 aliphatic heterocycles. The second-order valence-electron chi connectivity index (χ2n) is 6.35. The number of benzene rings is 1. The van der Waals surface area contributed by atoms with E-state index in [-0.39, 0.29) is 12.4 Å². The molecule has 3 rings (SSSR count). The predicted molar refractivity (Wildman–Crippen MR) is 79.7 cm³/mol. The fourth-order valence-corrected chi connectivity index (χ4v) is 4.04. The van der Waals surface area contributed by atoms with Gasteiger partial charge in [-0.1, -0.05) is 25.0 Å². The molecule has 2 fully saturated rings. The van der Waals surface area contributed by atoms with Gasteiger partial charge in [-0.25, -0.2) is 4.39 Å². The van der Waals surface area contributed by atoms with E-state index in [2.05, 4.69) is 4.90 Å². The molecule has 1 saturated carbocycles. The van der Waals surface area contributed by atoms with E-state index in [1.54, 1.807) is 6.07 Å². The van der Waals surface area contributed by atoms with E-state index < -0.39 is 0 Å². The van der Waals surface area contributed by atoms with Crippen LogP contribution in [0, 0.1) is 11.7 Å². The monoisotopic (exact) mass is 276 g/mol. The Morgan fingerprint density at radius 3 is 2.80 bits per heavy atom. The van der Waals surface area contributed by atoms with Gasteiger partial charge in [0.1, 0.15) is 5.82 Å². The Bertz CT molecular complexity index is 458. The largest absolute Gasteiger partial charge is 0.326 e. The SMILES string of the molecule is NCc1cc(CN2CCCC3CCCCC32)ccc1F. The van der Waals surface area contributed by atoms with E-state index in [9.17, 15) is 4.39 Å². The summed E-state index contributed by atoms with van der Waals surface area (Å²) in [4.78, 5) is 2.63. The maximum atomic E-state index is 13.5. The van der Waals surface area contributed by atoms with Crippen LogP contribution >= 0.6 is 0 Å². The molecule has 1 aromatic carbocycles. The molecular weight excluding hydrogens is 251 g/mol. The van der Waals surface area contributed by atoms with Crippen LogP contribution < -0.4 is 5.73 Å². The van der Waals surface area contributed by atoms with Gasteiger partial charge >= 0.3 is 0 Å². The van der Waals surface area contributed by atoms with Gasteiger partial charge in [0.15, 0.2) is 0 Å². The normalized spacial score (nSPS) is 27.3. The van der Waals surface area contributed by atoms with E-state index in [4.69, 9.17) is 5.73 Å². The molecule has 2 nitrogen and oxygen atoms in total. The minimum absolute atomic E-state index is 0.176. The molecule has 1 heterocycles. The number of hydrogen-bond acceptors (Lipinski definition) is 2. The lowest BCUT2D eigenvalue weighted by Gasteiger charge is -2.44. The summed E-state index contributed by atoms with van der Waals surface area (Å²) in [5, 5.41) is 0. The number of fused-ring (bicyclic) bond motifs is 1. The Kier molecular flexibility index (Phi) is 4.37. The highest BCUT2D eigenvalue weighted by Gasteiger charge is 2.32. The Balaban J connectivity index is 1.72. The van der Waals surface area contributed by atoms with Gasteiger partial charge in [0, 0.05) is 24.7 Å². The molecule has 0 spiro atoms. The van der Waals surface area contributed by atoms with Gasteiger partial charge in [0.05, 0.1) is 0 Å². The molecule has 2 aliphatic rings. The van der Waals surface area contributed by atoms with Crippen molar-refractivity contribution in [2.45, 2.75) is 57.7 Å². The van der Waals surface area contributed by atoms with Crippen LogP contribution in [0.1, 0.15) is 49.7 Å². The lowest BCUT2D eigenvalue weighted by atomic mass is 9.78. The number of halogens is 1. The van der Waals surface area contributed by atoms with Crippen molar-refractivity contribution < 1.29 is 4.39 Å². The zero-order valence-corrected chi connectivity index (χ0v) is 12.2. The van der Waals surface area contributed by atoms with Crippen LogP contribution in [0.15, 0.2) is 18.2 Å². The number of rotatable bonds is 3. The minimum atomic E-state index is -0.176. The van der Waals surface area contributed by atoms with Crippen molar-refractivity contribution in [2.24, 2.45) is 11.7 Å². The van der Waals surface area contributed by atoms with E-state index in [1.807, 2.05) is 12.1 Å². The first-order valence-electron chi connectivity index (χ1n) is 7.99. The molecular formula is C17H25FN2. The summed E-state index contributed by atoms with van der Waals surface area (Å²) in [5.41, 5.74) is 7.45. The number of likely N-dealkylation sites (tertiary alicyclic amines) is 1. The number of piperidine rings is 1. The Morgan fingerprint density at radius 2 is 1.95 bits per heavy atom. The van der Waals surface area contributed by atoms with Gasteiger partial charge in [0.25, 0.3) is 0 Å². The molecule has 2 N–H and O–H groups in total. The highest BCUT2D eigenvalue weighted by Crippen LogP contribution is 2.35. The average molecular weight is 276 g/mol. The van der Waals surface area contributed by atoms with Gasteiger partial charge in [0.2, 0.25) is 0 Å². The fraction of sp³-hybridized carbons (Fsp3) is 0.647. The Morgan fingerprint density at radius 1 is 1.15 bits per heavy atom. The molecule has 0 radical (unpaired) electrons. The minimum Gasteiger partial charge on any atom is -0.326 e. The van der Waals surface area contributed by atoms with Crippen molar-refractivity contribution in [3.05, 3.63) is 35.1 Å². The zero-order chi connectivity index (χ0) is 13.9. The summed E-state index contributed by atoms with van der Waals surface area (Å²) in [6.07, 6.45) is 8.23. The molecule has 1 aromatic rings. The van der Waals surface area contributed by atoms with Crippen LogP contribution in [0.3, 0.4) is 0 Å². The summed E-state index contributed by atoms with van der Waals surface area (Å²) >= 11 is 0. The van der Waals surface area contributed by atoms with E-state index >= 15 is 0 Å². The van der Waals surface area contributed by atoms with E-state index in [0.29, 0.717) is 5.56 Å². The van der Waals surface area contributed by atoms with Crippen molar-refractivity contribution in [1.29, 1.82) is 0 Å². The van der Waals surface area contributed by atoms with Crippen molar-refractivity contribution in [3.8, 4) is 0 Å². The molecule has 1 saturated heterocycles. The second-order valence-corrected chi connectivity index (χ2v) is 6.35. The summed E-state index contributed by atoms with van der Waals surface area (Å²) in [7, 11) is 0. The predicted octanol–water partition coefficient (Wildman–Crippen LogP) is 3.44. The van der Waals surface area contributed by atoms with Gasteiger partial charge < -0.3 is 5.73 Å². The topological polar surface area (TPSA) is 29.3 Å². The van der Waals surface area contributed by atoms with E-state index in [0.717, 1.165) is 18.5 Å². The molecule has 2 atom stereocenters. The van der Waals surface area contributed by atoms with Gasteiger partial charge in [-0.2, -0.15) is 0 Å². The van der Waals surface area contributed by atoms with Gasteiger partial charge in [-0.3, -0.25) is 4.90 Å². The summed E-state index contributed by atoms with van der Waals surface area (Å²) in [5.74, 6) is 0.720. The lowest BCUT2D eigenvalue weighted by molar-refractivity contribution is 0.0547. The molecule has 0 bridgehead atoms. The number of hydrogen-bond donors (Lipinski definition) is 1. The molecule has 0 amide bonds. The molecule has 0 aromatic heterocycles. The highest BCUT2D eigenvalue weighted by atomic mass is 19.1. The van der Waals surface area contributed by atoms with Crippen molar-refractivity contribution in [3.63, 3.8) is 0 Å². The highest BCUT2D eigenvalue weighted by molar-refractivity contribution is 5.25. The van der Waals surface area contributed by atoms with Gasteiger partial charge in [-0.15, -0.1) is 0 Å².